The number of fused-ring (bicyclic) bond motifs is 2. The Morgan fingerprint density at radius 2 is 2.27 bits per heavy atom. The number of aromatic nitrogens is 2. The number of aryl methyl sites for hydroxylation is 1. The number of methoxy groups -OCH3 is 1. The zero-order valence-corrected chi connectivity index (χ0v) is 14.5. The molecule has 1 aromatic carbocycles. The second-order valence-electron chi connectivity index (χ2n) is 6.05. The van der Waals surface area contributed by atoms with Crippen LogP contribution in [0.3, 0.4) is 0 Å². The fourth-order valence-electron chi connectivity index (χ4n) is 3.40. The summed E-state index contributed by atoms with van der Waals surface area (Å²) >= 11 is 0. The number of nitrogens with one attached hydrogen (secondary N) is 1. The molecule has 134 valence electrons. The van der Waals surface area contributed by atoms with Crippen LogP contribution in [-0.2, 0) is 6.42 Å². The Morgan fingerprint density at radius 1 is 1.42 bits per heavy atom. The van der Waals surface area contributed by atoms with Gasteiger partial charge in [-0.1, -0.05) is 13.3 Å². The van der Waals surface area contributed by atoms with Gasteiger partial charge in [-0.05, 0) is 24.1 Å². The predicted molar refractivity (Wildman–Crippen MR) is 91.0 cm³/mol. The number of ether oxygens (including phenoxy) is 4. The Kier molecular flexibility index (Phi) is 3.84. The minimum Gasteiger partial charge on any atom is -0.493 e. The second-order valence-corrected chi connectivity index (χ2v) is 6.05. The van der Waals surface area contributed by atoms with E-state index in [1.807, 2.05) is 12.1 Å². The van der Waals surface area contributed by atoms with Crippen LogP contribution in [0.5, 0.6) is 23.1 Å². The van der Waals surface area contributed by atoms with Gasteiger partial charge in [0.05, 0.1) is 13.0 Å². The van der Waals surface area contributed by atoms with E-state index < -0.39 is 5.92 Å². The van der Waals surface area contributed by atoms with Gasteiger partial charge in [-0.15, -0.1) is 5.10 Å². The van der Waals surface area contributed by atoms with Gasteiger partial charge in [0.15, 0.2) is 11.5 Å². The lowest BCUT2D eigenvalue weighted by atomic mass is 9.83. The summed E-state index contributed by atoms with van der Waals surface area (Å²) in [6.07, 6.45) is 1.70. The lowest BCUT2D eigenvalue weighted by Gasteiger charge is -2.24. The lowest BCUT2D eigenvalue weighted by molar-refractivity contribution is 0.171. The average Bonchev–Trinajstić information content (AvgIpc) is 3.27. The van der Waals surface area contributed by atoms with Crippen molar-refractivity contribution in [2.75, 3.05) is 13.9 Å². The number of allylic oxidation sites excluding steroid dienone is 1. The van der Waals surface area contributed by atoms with Crippen molar-refractivity contribution in [2.24, 2.45) is 5.73 Å². The van der Waals surface area contributed by atoms with Crippen molar-refractivity contribution in [1.82, 2.24) is 10.2 Å². The highest BCUT2D eigenvalue weighted by molar-refractivity contribution is 5.61. The molecule has 0 radical (unpaired) electrons. The Morgan fingerprint density at radius 3 is 3.00 bits per heavy atom. The van der Waals surface area contributed by atoms with Crippen molar-refractivity contribution in [3.05, 3.63) is 40.4 Å². The first-order chi connectivity index (χ1) is 12.7. The fraction of sp³-hybridized carbons (Fsp3) is 0.333. The molecule has 0 unspecified atom stereocenters. The standard InChI is InChI=1S/C18H18N4O4/c1-3-4-11-15-14(10(7-19)17(20)26-18(15)22-21-11)9-5-12(23-2)16-13(6-9)24-8-25-16/h5-6,14H,3-4,8,20H2,1-2H3,(H,21,22)/t14-/m1/s1. The molecule has 0 fully saturated rings. The zero-order chi connectivity index (χ0) is 18.3. The van der Waals surface area contributed by atoms with Gasteiger partial charge in [-0.3, -0.25) is 5.10 Å². The summed E-state index contributed by atoms with van der Waals surface area (Å²) in [5.41, 5.74) is 8.86. The molecule has 2 aromatic rings. The van der Waals surface area contributed by atoms with E-state index in [0.717, 1.165) is 29.7 Å². The number of nitriles is 1. The maximum atomic E-state index is 9.71. The summed E-state index contributed by atoms with van der Waals surface area (Å²) in [7, 11) is 1.56. The monoisotopic (exact) mass is 354 g/mol. The number of nitrogens with two attached hydrogens (primary N) is 1. The van der Waals surface area contributed by atoms with E-state index in [-0.39, 0.29) is 12.7 Å². The summed E-state index contributed by atoms with van der Waals surface area (Å²) in [5, 5.41) is 16.9. The van der Waals surface area contributed by atoms with Crippen LogP contribution in [-0.4, -0.2) is 24.1 Å². The first-order valence-corrected chi connectivity index (χ1v) is 8.30. The van der Waals surface area contributed by atoms with E-state index >= 15 is 0 Å². The summed E-state index contributed by atoms with van der Waals surface area (Å²) in [6, 6.07) is 5.86. The molecule has 0 spiro atoms. The van der Waals surface area contributed by atoms with Gasteiger partial charge in [0.2, 0.25) is 24.3 Å². The minimum atomic E-state index is -0.424. The van der Waals surface area contributed by atoms with Crippen LogP contribution in [0.4, 0.5) is 0 Å². The Bertz CT molecular complexity index is 941. The smallest absolute Gasteiger partial charge is 0.244 e. The van der Waals surface area contributed by atoms with E-state index in [0.29, 0.717) is 28.7 Å². The van der Waals surface area contributed by atoms with Crippen LogP contribution in [0.25, 0.3) is 0 Å². The van der Waals surface area contributed by atoms with Gasteiger partial charge in [-0.2, -0.15) is 5.26 Å². The molecule has 8 heteroatoms. The lowest BCUT2D eigenvalue weighted by Crippen LogP contribution is -2.21. The summed E-state index contributed by atoms with van der Waals surface area (Å²) < 4.78 is 22.0. The molecule has 8 nitrogen and oxygen atoms in total. The molecule has 3 N–H and O–H groups in total. The third kappa shape index (κ3) is 2.32. The van der Waals surface area contributed by atoms with E-state index in [9.17, 15) is 5.26 Å². The number of aromatic amines is 1. The maximum Gasteiger partial charge on any atom is 0.244 e. The van der Waals surface area contributed by atoms with Crippen LogP contribution in [0, 0.1) is 11.3 Å². The highest BCUT2D eigenvalue weighted by Gasteiger charge is 2.36. The highest BCUT2D eigenvalue weighted by atomic mass is 16.7. The van der Waals surface area contributed by atoms with Crippen molar-refractivity contribution in [3.63, 3.8) is 0 Å². The zero-order valence-electron chi connectivity index (χ0n) is 14.5. The average molecular weight is 354 g/mol. The van der Waals surface area contributed by atoms with Gasteiger partial charge in [0, 0.05) is 11.3 Å². The number of rotatable bonds is 4. The van der Waals surface area contributed by atoms with Crippen molar-refractivity contribution < 1.29 is 18.9 Å². The van der Waals surface area contributed by atoms with Crippen molar-refractivity contribution in [1.29, 1.82) is 5.26 Å². The third-order valence-electron chi connectivity index (χ3n) is 4.53. The van der Waals surface area contributed by atoms with E-state index in [4.69, 9.17) is 24.7 Å². The third-order valence-corrected chi connectivity index (χ3v) is 4.53. The highest BCUT2D eigenvalue weighted by Crippen LogP contribution is 2.48. The molecule has 26 heavy (non-hydrogen) atoms. The van der Waals surface area contributed by atoms with Gasteiger partial charge in [-0.25, -0.2) is 0 Å². The normalized spacial score (nSPS) is 17.5. The minimum absolute atomic E-state index is 0.0520. The summed E-state index contributed by atoms with van der Waals surface area (Å²) in [5.74, 6) is 1.69. The molecule has 0 bridgehead atoms. The number of hydrogen-bond donors (Lipinski definition) is 2. The van der Waals surface area contributed by atoms with Crippen molar-refractivity contribution >= 4 is 0 Å². The second kappa shape index (κ2) is 6.19. The molecule has 0 aliphatic carbocycles. The van der Waals surface area contributed by atoms with Crippen LogP contribution in [0.15, 0.2) is 23.6 Å². The van der Waals surface area contributed by atoms with Crippen LogP contribution < -0.4 is 24.7 Å². The molecule has 0 amide bonds. The first-order valence-electron chi connectivity index (χ1n) is 8.30. The Labute approximate surface area is 150 Å². The quantitative estimate of drug-likeness (QED) is 0.865. The fourth-order valence-corrected chi connectivity index (χ4v) is 3.40. The number of hydrogen-bond acceptors (Lipinski definition) is 7. The number of benzene rings is 1. The predicted octanol–water partition coefficient (Wildman–Crippen LogP) is 2.32. The molecule has 3 heterocycles. The Hall–Kier alpha value is -3.34. The van der Waals surface area contributed by atoms with Gasteiger partial charge >= 0.3 is 0 Å². The summed E-state index contributed by atoms with van der Waals surface area (Å²) in [4.78, 5) is 0. The molecule has 2 aliphatic heterocycles. The molecular weight excluding hydrogens is 336 g/mol. The van der Waals surface area contributed by atoms with E-state index in [1.54, 1.807) is 7.11 Å². The van der Waals surface area contributed by atoms with Gasteiger partial charge in [0.1, 0.15) is 11.6 Å². The van der Waals surface area contributed by atoms with Crippen LogP contribution in [0.1, 0.15) is 36.1 Å². The first kappa shape index (κ1) is 16.1. The number of H-pyrrole nitrogens is 1. The molecule has 2 aliphatic rings. The largest absolute Gasteiger partial charge is 0.493 e. The van der Waals surface area contributed by atoms with E-state index in [1.165, 1.54) is 0 Å². The summed E-state index contributed by atoms with van der Waals surface area (Å²) in [6.45, 7) is 2.20. The van der Waals surface area contributed by atoms with Crippen LogP contribution >= 0.6 is 0 Å². The van der Waals surface area contributed by atoms with Crippen molar-refractivity contribution in [2.45, 2.75) is 25.7 Å². The van der Waals surface area contributed by atoms with E-state index in [2.05, 4.69) is 23.2 Å². The molecule has 0 saturated carbocycles. The topological polar surface area (TPSA) is 115 Å². The molecule has 1 aromatic heterocycles. The molecule has 0 saturated heterocycles. The molecule has 4 rings (SSSR count). The van der Waals surface area contributed by atoms with Gasteiger partial charge < -0.3 is 24.7 Å². The van der Waals surface area contributed by atoms with Gasteiger partial charge in [0.25, 0.3) is 0 Å². The maximum absolute atomic E-state index is 9.71. The number of nitrogens with zero attached hydrogens (tertiary/aromatic N) is 2. The SMILES string of the molecule is CCCc1[nH]nc2c1[C@H](c1cc(OC)c3c(c1)OCO3)C(C#N)=C(N)O2. The van der Waals surface area contributed by atoms with Crippen molar-refractivity contribution in [3.8, 4) is 29.2 Å². The van der Waals surface area contributed by atoms with Crippen LogP contribution in [0.2, 0.25) is 0 Å². The molecule has 1 atom stereocenters. The molecular formula is C18H18N4O4. The Balaban J connectivity index is 1.93.